The average Bonchev–Trinajstić information content (AvgIpc) is 2.40. The molecule has 1 heterocycles. The van der Waals surface area contributed by atoms with E-state index in [9.17, 15) is 13.2 Å². The zero-order chi connectivity index (χ0) is 15.6. The largest absolute Gasteiger partial charge is 0.390 e. The summed E-state index contributed by atoms with van der Waals surface area (Å²) in [6.07, 6.45) is -5.28. The molecular formula is C13H15Cl4F3N2. The number of nitrogens with zero attached hydrogens (tertiary/aromatic N) is 1. The van der Waals surface area contributed by atoms with Crippen molar-refractivity contribution < 1.29 is 13.2 Å². The van der Waals surface area contributed by atoms with Crippen molar-refractivity contribution in [2.45, 2.75) is 18.6 Å². The Morgan fingerprint density at radius 2 is 1.73 bits per heavy atom. The summed E-state index contributed by atoms with van der Waals surface area (Å²) in [5.41, 5.74) is 0.327. The monoisotopic (exact) mass is 396 g/mol. The predicted octanol–water partition coefficient (Wildman–Crippen LogP) is 4.97. The SMILES string of the molecule is Cl.FC(F)(F)C[C@@H](c1cc(Cl)cc(Cl)c1Cl)N1CCNCC1. The number of halogens is 7. The average molecular weight is 398 g/mol. The Morgan fingerprint density at radius 3 is 2.27 bits per heavy atom. The van der Waals surface area contributed by atoms with Gasteiger partial charge >= 0.3 is 6.18 Å². The molecule has 0 aliphatic carbocycles. The molecule has 0 saturated carbocycles. The van der Waals surface area contributed by atoms with E-state index >= 15 is 0 Å². The minimum atomic E-state index is -4.30. The highest BCUT2D eigenvalue weighted by Gasteiger charge is 2.37. The first kappa shape index (κ1) is 20.1. The Hall–Kier alpha value is 0.0900. The minimum Gasteiger partial charge on any atom is -0.314 e. The summed E-state index contributed by atoms with van der Waals surface area (Å²) < 4.78 is 38.8. The molecule has 1 aliphatic heterocycles. The molecule has 1 N–H and O–H groups in total. The lowest BCUT2D eigenvalue weighted by molar-refractivity contribution is -0.148. The van der Waals surface area contributed by atoms with Crippen LogP contribution in [0.1, 0.15) is 18.0 Å². The fourth-order valence-electron chi connectivity index (χ4n) is 2.47. The van der Waals surface area contributed by atoms with E-state index in [1.54, 1.807) is 4.90 Å². The van der Waals surface area contributed by atoms with Gasteiger partial charge in [-0.1, -0.05) is 34.8 Å². The molecule has 0 radical (unpaired) electrons. The Kier molecular flexibility index (Phi) is 7.57. The van der Waals surface area contributed by atoms with E-state index < -0.39 is 18.6 Å². The normalized spacial score (nSPS) is 17.9. The lowest BCUT2D eigenvalue weighted by atomic mass is 10.0. The van der Waals surface area contributed by atoms with Gasteiger partial charge in [-0.15, -0.1) is 12.4 Å². The molecule has 0 aromatic heterocycles. The predicted molar refractivity (Wildman–Crippen MR) is 86.6 cm³/mol. The molecule has 0 spiro atoms. The molecular weight excluding hydrogens is 383 g/mol. The van der Waals surface area contributed by atoms with Gasteiger partial charge in [0.2, 0.25) is 0 Å². The van der Waals surface area contributed by atoms with Crippen LogP contribution in [0.2, 0.25) is 15.1 Å². The van der Waals surface area contributed by atoms with Gasteiger partial charge in [-0.3, -0.25) is 4.90 Å². The molecule has 0 amide bonds. The van der Waals surface area contributed by atoms with Gasteiger partial charge in [0.15, 0.2) is 0 Å². The maximum absolute atomic E-state index is 12.9. The van der Waals surface area contributed by atoms with Gasteiger partial charge in [-0.2, -0.15) is 13.2 Å². The van der Waals surface area contributed by atoms with Crippen LogP contribution in [-0.2, 0) is 0 Å². The van der Waals surface area contributed by atoms with Crippen LogP contribution >= 0.6 is 47.2 Å². The Balaban J connectivity index is 0.00000242. The van der Waals surface area contributed by atoms with Crippen molar-refractivity contribution in [3.8, 4) is 0 Å². The number of hydrogen-bond acceptors (Lipinski definition) is 2. The van der Waals surface area contributed by atoms with Crippen LogP contribution in [0.15, 0.2) is 12.1 Å². The van der Waals surface area contributed by atoms with Crippen LogP contribution in [0, 0.1) is 0 Å². The van der Waals surface area contributed by atoms with Gasteiger partial charge in [0.1, 0.15) is 0 Å². The molecule has 2 rings (SSSR count). The summed E-state index contributed by atoms with van der Waals surface area (Å²) in [6.45, 7) is 2.31. The second-order valence-corrected chi connectivity index (χ2v) is 6.13. The molecule has 1 fully saturated rings. The van der Waals surface area contributed by atoms with Crippen LogP contribution in [0.25, 0.3) is 0 Å². The molecule has 22 heavy (non-hydrogen) atoms. The smallest absolute Gasteiger partial charge is 0.314 e. The summed E-state index contributed by atoms with van der Waals surface area (Å²) in [4.78, 5) is 1.76. The Morgan fingerprint density at radius 1 is 1.14 bits per heavy atom. The standard InChI is InChI=1S/C13H14Cl3F3N2.ClH/c14-8-5-9(12(16)10(15)6-8)11(7-13(17,18)19)21-3-1-20-2-4-21;/h5-6,11,20H,1-4,7H2;1H/t11-;/m0./s1. The number of alkyl halides is 3. The van der Waals surface area contributed by atoms with Gasteiger partial charge in [-0.05, 0) is 17.7 Å². The first-order valence-corrected chi connectivity index (χ1v) is 7.57. The molecule has 1 aliphatic rings. The van der Waals surface area contributed by atoms with Gasteiger partial charge in [0.25, 0.3) is 0 Å². The van der Waals surface area contributed by atoms with Crippen molar-refractivity contribution in [1.29, 1.82) is 0 Å². The fraction of sp³-hybridized carbons (Fsp3) is 0.538. The summed E-state index contributed by atoms with van der Waals surface area (Å²) in [5.74, 6) is 0. The molecule has 1 saturated heterocycles. The molecule has 9 heteroatoms. The second kappa shape index (κ2) is 8.27. The van der Waals surface area contributed by atoms with Crippen LogP contribution in [0.3, 0.4) is 0 Å². The molecule has 126 valence electrons. The van der Waals surface area contributed by atoms with Crippen LogP contribution in [-0.4, -0.2) is 37.3 Å². The zero-order valence-corrected chi connectivity index (χ0v) is 14.5. The van der Waals surface area contributed by atoms with E-state index in [1.807, 2.05) is 0 Å². The third-order valence-corrected chi connectivity index (χ3v) is 4.43. The third-order valence-electron chi connectivity index (χ3n) is 3.40. The molecule has 0 bridgehead atoms. The number of benzene rings is 1. The topological polar surface area (TPSA) is 15.3 Å². The minimum absolute atomic E-state index is 0. The summed E-state index contributed by atoms with van der Waals surface area (Å²) >= 11 is 18.0. The maximum atomic E-state index is 12.9. The second-order valence-electron chi connectivity index (χ2n) is 4.91. The van der Waals surface area contributed by atoms with Crippen molar-refractivity contribution >= 4 is 47.2 Å². The first-order valence-electron chi connectivity index (χ1n) is 6.44. The summed E-state index contributed by atoms with van der Waals surface area (Å²) in [7, 11) is 0. The highest BCUT2D eigenvalue weighted by molar-refractivity contribution is 6.43. The first-order chi connectivity index (χ1) is 9.78. The molecule has 1 aromatic rings. The van der Waals surface area contributed by atoms with Crippen molar-refractivity contribution in [3.63, 3.8) is 0 Å². The highest BCUT2D eigenvalue weighted by Crippen LogP contribution is 2.40. The van der Waals surface area contributed by atoms with Crippen molar-refractivity contribution in [1.82, 2.24) is 10.2 Å². The fourth-order valence-corrected chi connectivity index (χ4v) is 3.21. The van der Waals surface area contributed by atoms with E-state index in [0.29, 0.717) is 31.7 Å². The Labute approximate surface area is 148 Å². The van der Waals surface area contributed by atoms with Gasteiger partial charge in [-0.25, -0.2) is 0 Å². The van der Waals surface area contributed by atoms with E-state index in [1.165, 1.54) is 12.1 Å². The van der Waals surface area contributed by atoms with Crippen LogP contribution in [0.5, 0.6) is 0 Å². The van der Waals surface area contributed by atoms with Gasteiger partial charge in [0, 0.05) is 37.2 Å². The maximum Gasteiger partial charge on any atom is 0.390 e. The molecule has 0 unspecified atom stereocenters. The van der Waals surface area contributed by atoms with Crippen molar-refractivity contribution in [2.75, 3.05) is 26.2 Å². The van der Waals surface area contributed by atoms with Crippen LogP contribution in [0.4, 0.5) is 13.2 Å². The lowest BCUT2D eigenvalue weighted by Crippen LogP contribution is -2.46. The lowest BCUT2D eigenvalue weighted by Gasteiger charge is -2.36. The zero-order valence-electron chi connectivity index (χ0n) is 11.4. The Bertz CT molecular complexity index is 505. The molecule has 2 nitrogen and oxygen atoms in total. The molecule has 1 atom stereocenters. The summed E-state index contributed by atoms with van der Waals surface area (Å²) in [5, 5.41) is 3.69. The quantitative estimate of drug-likeness (QED) is 0.724. The molecule has 1 aromatic carbocycles. The number of piperazine rings is 1. The van der Waals surface area contributed by atoms with Crippen molar-refractivity contribution in [2.24, 2.45) is 0 Å². The van der Waals surface area contributed by atoms with Crippen molar-refractivity contribution in [3.05, 3.63) is 32.8 Å². The number of hydrogen-bond donors (Lipinski definition) is 1. The number of rotatable bonds is 3. The van der Waals surface area contributed by atoms with Crippen LogP contribution < -0.4 is 5.32 Å². The highest BCUT2D eigenvalue weighted by atomic mass is 35.5. The van der Waals surface area contributed by atoms with E-state index in [2.05, 4.69) is 5.32 Å². The van der Waals surface area contributed by atoms with E-state index in [0.717, 1.165) is 0 Å². The third kappa shape index (κ3) is 5.32. The number of nitrogens with one attached hydrogen (secondary N) is 1. The summed E-state index contributed by atoms with van der Waals surface area (Å²) in [6, 6.07) is 2.02. The van der Waals surface area contributed by atoms with Gasteiger partial charge in [0.05, 0.1) is 16.5 Å². The van der Waals surface area contributed by atoms with E-state index in [-0.39, 0.29) is 27.5 Å². The van der Waals surface area contributed by atoms with Gasteiger partial charge < -0.3 is 5.32 Å². The van der Waals surface area contributed by atoms with E-state index in [4.69, 9.17) is 34.8 Å².